The van der Waals surface area contributed by atoms with E-state index in [0.29, 0.717) is 25.7 Å². The average Bonchev–Trinajstić information content (AvgIpc) is 0.904. The van der Waals surface area contributed by atoms with Gasteiger partial charge in [0.1, 0.15) is 19.3 Å². The van der Waals surface area contributed by atoms with Crippen molar-refractivity contribution in [1.29, 1.82) is 0 Å². The fourth-order valence-electron chi connectivity index (χ4n) is 14.6. The summed E-state index contributed by atoms with van der Waals surface area (Å²) < 4.78 is 69.0. The van der Waals surface area contributed by atoms with Crippen LogP contribution in [0.5, 0.6) is 0 Å². The molecule has 0 spiro atoms. The van der Waals surface area contributed by atoms with Gasteiger partial charge in [-0.15, -0.1) is 0 Å². The highest BCUT2D eigenvalue weighted by Gasteiger charge is 2.31. The van der Waals surface area contributed by atoms with Gasteiger partial charge in [-0.1, -0.05) is 458 Å². The number of esters is 4. The highest BCUT2D eigenvalue weighted by molar-refractivity contribution is 7.47. The fraction of sp³-hybridized carbons (Fsp3) is 0.957. The van der Waals surface area contributed by atoms with Crippen LogP contribution in [0.2, 0.25) is 0 Å². The summed E-state index contributed by atoms with van der Waals surface area (Å²) in [7, 11) is -9.93. The van der Waals surface area contributed by atoms with Crippen molar-refractivity contribution in [2.24, 2.45) is 0 Å². The number of aliphatic hydroxyl groups is 1. The lowest BCUT2D eigenvalue weighted by atomic mass is 10.0. The number of aliphatic hydroxyl groups excluding tert-OH is 1. The second kappa shape index (κ2) is 85.9. The van der Waals surface area contributed by atoms with Gasteiger partial charge < -0.3 is 33.8 Å². The maximum Gasteiger partial charge on any atom is 0.472 e. The van der Waals surface area contributed by atoms with E-state index in [1.54, 1.807) is 0 Å². The van der Waals surface area contributed by atoms with Crippen LogP contribution >= 0.6 is 15.6 Å². The van der Waals surface area contributed by atoms with E-state index in [1.807, 2.05) is 0 Å². The minimum absolute atomic E-state index is 0.109. The highest BCUT2D eigenvalue weighted by atomic mass is 31.2. The van der Waals surface area contributed by atoms with Gasteiger partial charge in [-0.2, -0.15) is 0 Å². The predicted octanol–water partition coefficient (Wildman–Crippen LogP) is 28.9. The Kier molecular flexibility index (Phi) is 84.4. The van der Waals surface area contributed by atoms with Crippen molar-refractivity contribution in [2.75, 3.05) is 39.6 Å². The highest BCUT2D eigenvalue weighted by Crippen LogP contribution is 2.45. The predicted molar refractivity (Wildman–Crippen MR) is 460 cm³/mol. The Morgan fingerprint density at radius 3 is 0.532 bits per heavy atom. The van der Waals surface area contributed by atoms with E-state index >= 15 is 0 Å². The Bertz CT molecular complexity index is 2090. The third-order valence-corrected chi connectivity index (χ3v) is 23.8. The van der Waals surface area contributed by atoms with Crippen LogP contribution in [0.25, 0.3) is 0 Å². The van der Waals surface area contributed by atoms with Crippen molar-refractivity contribution < 1.29 is 80.2 Å². The van der Waals surface area contributed by atoms with E-state index in [-0.39, 0.29) is 25.7 Å². The zero-order valence-corrected chi connectivity index (χ0v) is 74.7. The molecule has 19 heteroatoms. The summed E-state index contributed by atoms with van der Waals surface area (Å²) in [5.41, 5.74) is 0. The van der Waals surface area contributed by atoms with Crippen LogP contribution in [0.15, 0.2) is 0 Å². The van der Waals surface area contributed by atoms with Gasteiger partial charge in [-0.25, -0.2) is 9.13 Å². The Morgan fingerprint density at radius 2 is 0.360 bits per heavy atom. The molecule has 0 saturated heterocycles. The minimum atomic E-state index is -4.97. The average molecular weight is 1620 g/mol. The largest absolute Gasteiger partial charge is 0.472 e. The summed E-state index contributed by atoms with van der Waals surface area (Å²) in [6, 6.07) is 0. The van der Waals surface area contributed by atoms with Crippen molar-refractivity contribution in [3.63, 3.8) is 0 Å². The Labute approximate surface area is 683 Å². The van der Waals surface area contributed by atoms with Gasteiger partial charge in [0.2, 0.25) is 0 Å². The van der Waals surface area contributed by atoms with E-state index in [0.717, 1.165) is 89.9 Å². The Balaban J connectivity index is 5.16. The van der Waals surface area contributed by atoms with E-state index in [2.05, 4.69) is 27.7 Å². The lowest BCUT2D eigenvalue weighted by molar-refractivity contribution is -0.161. The van der Waals surface area contributed by atoms with Gasteiger partial charge >= 0.3 is 39.5 Å². The molecule has 0 aliphatic heterocycles. The zero-order chi connectivity index (χ0) is 81.0. The number of unbranched alkanes of at least 4 members (excludes halogenated alkanes) is 67. The van der Waals surface area contributed by atoms with Crippen molar-refractivity contribution in [2.45, 2.75) is 528 Å². The van der Waals surface area contributed by atoms with E-state index < -0.39 is 97.5 Å². The third-order valence-electron chi connectivity index (χ3n) is 21.9. The van der Waals surface area contributed by atoms with Crippen LogP contribution in [0.1, 0.15) is 509 Å². The van der Waals surface area contributed by atoms with Crippen molar-refractivity contribution >= 4 is 39.5 Å². The summed E-state index contributed by atoms with van der Waals surface area (Å²) in [6.45, 7) is 5.06. The molecular weight excluding hydrogens is 1440 g/mol. The number of ether oxygens (including phenoxy) is 4. The quantitative estimate of drug-likeness (QED) is 0.0222. The Hall–Kier alpha value is -1.94. The molecule has 0 aromatic carbocycles. The molecule has 0 amide bonds. The number of hydrogen-bond donors (Lipinski definition) is 3. The number of phosphoric acid groups is 2. The van der Waals surface area contributed by atoms with Crippen molar-refractivity contribution in [1.82, 2.24) is 0 Å². The summed E-state index contributed by atoms with van der Waals surface area (Å²) in [6.07, 6.45) is 83.8. The molecule has 0 aromatic rings. The normalized spacial score (nSPS) is 13.6. The van der Waals surface area contributed by atoms with Crippen LogP contribution in [0.3, 0.4) is 0 Å². The van der Waals surface area contributed by atoms with E-state index in [9.17, 15) is 43.2 Å². The lowest BCUT2D eigenvalue weighted by Gasteiger charge is -2.21. The molecule has 0 saturated carbocycles. The van der Waals surface area contributed by atoms with Gasteiger partial charge in [0.05, 0.1) is 26.4 Å². The molecule has 0 aliphatic rings. The van der Waals surface area contributed by atoms with E-state index in [4.69, 9.17) is 37.0 Å². The molecule has 0 bridgehead atoms. The van der Waals surface area contributed by atoms with Crippen molar-refractivity contribution in [3.05, 3.63) is 0 Å². The van der Waals surface area contributed by atoms with Crippen molar-refractivity contribution in [3.8, 4) is 0 Å². The first kappa shape index (κ1) is 109. The second-order valence-corrected chi connectivity index (χ2v) is 36.0. The lowest BCUT2D eigenvalue weighted by Crippen LogP contribution is -2.30. The molecule has 2 unspecified atom stereocenters. The van der Waals surface area contributed by atoms with Gasteiger partial charge in [-0.3, -0.25) is 37.3 Å². The molecule has 17 nitrogen and oxygen atoms in total. The van der Waals surface area contributed by atoms with Gasteiger partial charge in [-0.05, 0) is 25.7 Å². The fourth-order valence-corrected chi connectivity index (χ4v) is 16.2. The summed E-state index contributed by atoms with van der Waals surface area (Å²) >= 11 is 0. The standard InChI is InChI=1S/C92H180O17P2/c1-5-9-13-17-21-25-28-31-34-37-40-43-45-48-51-54-57-60-63-67-71-75-79-92(97)109-88(83-103-90(95)77-73-69-65-61-58-55-52-49-47-44-41-38-35-32-29-26-22-18-14-10-6-2)85-107-111(100,101)105-81-86(93)80-104-110(98,99)106-84-87(82-102-89(94)76-72-68-64-24-20-16-12-8-4)108-91(96)78-74-70-66-62-59-56-53-50-46-42-39-36-33-30-27-23-19-15-11-7-3/h86-88,93H,5-85H2,1-4H3,(H,98,99)(H,100,101)/t86-,87+,88+/m0/s1. The van der Waals surface area contributed by atoms with Crippen LogP contribution < -0.4 is 0 Å². The molecule has 660 valence electrons. The first-order chi connectivity index (χ1) is 54.2. The summed E-state index contributed by atoms with van der Waals surface area (Å²) in [5, 5.41) is 10.7. The SMILES string of the molecule is CCCCCCCCCCCCCCCCCCCCCCCCC(=O)O[C@H](COC(=O)CCCCCCCCCCCCCCCCCCCCCCC)COP(=O)(O)OC[C@@H](O)COP(=O)(O)OC[C@@H](COC(=O)CCCCCCCCCC)OC(=O)CCCCCCCCCCCCCCCCCCCCCC. The first-order valence-electron chi connectivity index (χ1n) is 47.8. The molecule has 5 atom stereocenters. The molecule has 0 rings (SSSR count). The molecule has 0 radical (unpaired) electrons. The number of hydrogen-bond acceptors (Lipinski definition) is 15. The van der Waals surface area contributed by atoms with Gasteiger partial charge in [0.15, 0.2) is 12.2 Å². The topological polar surface area (TPSA) is 237 Å². The molecule has 0 aliphatic carbocycles. The number of rotatable bonds is 93. The molecular formula is C92H180O17P2. The van der Waals surface area contributed by atoms with Crippen LogP contribution in [-0.2, 0) is 65.4 Å². The van der Waals surface area contributed by atoms with Crippen LogP contribution in [-0.4, -0.2) is 96.7 Å². The molecule has 0 fully saturated rings. The molecule has 0 aromatic heterocycles. The maximum atomic E-state index is 13.2. The zero-order valence-electron chi connectivity index (χ0n) is 73.0. The van der Waals surface area contributed by atoms with Gasteiger partial charge in [0, 0.05) is 25.7 Å². The first-order valence-corrected chi connectivity index (χ1v) is 50.8. The molecule has 111 heavy (non-hydrogen) atoms. The molecule has 3 N–H and O–H groups in total. The maximum absolute atomic E-state index is 13.2. The monoisotopic (exact) mass is 1620 g/mol. The van der Waals surface area contributed by atoms with Crippen LogP contribution in [0.4, 0.5) is 0 Å². The smallest absolute Gasteiger partial charge is 0.462 e. The van der Waals surface area contributed by atoms with Crippen LogP contribution in [0, 0.1) is 0 Å². The summed E-state index contributed by atoms with van der Waals surface area (Å²) in [4.78, 5) is 73.3. The van der Waals surface area contributed by atoms with Gasteiger partial charge in [0.25, 0.3) is 0 Å². The number of carbonyl (C=O) groups excluding carboxylic acids is 4. The minimum Gasteiger partial charge on any atom is -0.462 e. The third kappa shape index (κ3) is 85.8. The van der Waals surface area contributed by atoms with E-state index in [1.165, 1.54) is 340 Å². The number of carbonyl (C=O) groups is 4. The molecule has 0 heterocycles. The Morgan fingerprint density at radius 1 is 0.216 bits per heavy atom. The summed E-state index contributed by atoms with van der Waals surface area (Å²) in [5.74, 6) is -2.10. The second-order valence-electron chi connectivity index (χ2n) is 33.1. The number of phosphoric ester groups is 2.